The van der Waals surface area contributed by atoms with Crippen molar-refractivity contribution in [2.75, 3.05) is 11.9 Å². The molecule has 0 saturated carbocycles. The molecule has 180 valence electrons. The second-order valence-corrected chi connectivity index (χ2v) is 8.74. The second kappa shape index (κ2) is 9.54. The fourth-order valence-electron chi connectivity index (χ4n) is 4.71. The third-order valence-corrected chi connectivity index (χ3v) is 6.49. The Morgan fingerprint density at radius 2 is 1.46 bits per heavy atom. The highest BCUT2D eigenvalue weighted by atomic mass is 16.4. The van der Waals surface area contributed by atoms with Crippen LogP contribution in [0, 0.1) is 0 Å². The quantitative estimate of drug-likeness (QED) is 0.283. The zero-order valence-electron chi connectivity index (χ0n) is 19.8. The van der Waals surface area contributed by atoms with Gasteiger partial charge in [-0.1, -0.05) is 72.8 Å². The maximum absolute atomic E-state index is 11.9. The van der Waals surface area contributed by atoms with Gasteiger partial charge in [-0.15, -0.1) is 0 Å². The molecular formula is C30H23N5O2. The highest BCUT2D eigenvalue weighted by Gasteiger charge is 2.20. The molecule has 3 aromatic heterocycles. The molecule has 0 spiro atoms. The molecule has 0 saturated heterocycles. The molecule has 3 heterocycles. The van der Waals surface area contributed by atoms with E-state index in [2.05, 4.69) is 58.8 Å². The second-order valence-electron chi connectivity index (χ2n) is 8.74. The SMILES string of the molecule is O=C(O)n1cc(-c2nc(NCC(c3ccccc3)c3ccccc3)c3ccccc3n2)c2cccnc21. The van der Waals surface area contributed by atoms with E-state index >= 15 is 0 Å². The van der Waals surface area contributed by atoms with Crippen molar-refractivity contribution in [1.29, 1.82) is 0 Å². The van der Waals surface area contributed by atoms with Gasteiger partial charge in [-0.2, -0.15) is 0 Å². The Balaban J connectivity index is 1.44. The summed E-state index contributed by atoms with van der Waals surface area (Å²) in [6.45, 7) is 0.618. The van der Waals surface area contributed by atoms with Crippen molar-refractivity contribution in [2.24, 2.45) is 0 Å². The van der Waals surface area contributed by atoms with Crippen LogP contribution >= 0.6 is 0 Å². The van der Waals surface area contributed by atoms with Crippen LogP contribution in [0.2, 0.25) is 0 Å². The first-order chi connectivity index (χ1) is 18.2. The molecule has 0 unspecified atom stereocenters. The van der Waals surface area contributed by atoms with Gasteiger partial charge in [0.25, 0.3) is 0 Å². The van der Waals surface area contributed by atoms with Gasteiger partial charge in [-0.3, -0.25) is 0 Å². The van der Waals surface area contributed by atoms with E-state index in [9.17, 15) is 9.90 Å². The van der Waals surface area contributed by atoms with Crippen LogP contribution < -0.4 is 5.32 Å². The number of carboxylic acid groups (broad SMARTS) is 1. The summed E-state index contributed by atoms with van der Waals surface area (Å²) >= 11 is 0. The molecule has 0 atom stereocenters. The lowest BCUT2D eigenvalue weighted by Gasteiger charge is -2.20. The average Bonchev–Trinajstić information content (AvgIpc) is 3.34. The molecule has 37 heavy (non-hydrogen) atoms. The fourth-order valence-corrected chi connectivity index (χ4v) is 4.71. The summed E-state index contributed by atoms with van der Waals surface area (Å²) in [7, 11) is 0. The number of nitrogens with one attached hydrogen (secondary N) is 1. The number of anilines is 1. The van der Waals surface area contributed by atoms with Crippen molar-refractivity contribution in [2.45, 2.75) is 5.92 Å². The number of rotatable bonds is 6. The van der Waals surface area contributed by atoms with Crippen molar-refractivity contribution >= 4 is 33.8 Å². The summed E-state index contributed by atoms with van der Waals surface area (Å²) in [5.41, 5.74) is 4.14. The van der Waals surface area contributed by atoms with Gasteiger partial charge in [-0.25, -0.2) is 24.3 Å². The predicted molar refractivity (Wildman–Crippen MR) is 145 cm³/mol. The number of hydrogen-bond donors (Lipinski definition) is 2. The predicted octanol–water partition coefficient (Wildman–Crippen LogP) is 6.42. The molecule has 6 rings (SSSR count). The molecule has 7 nitrogen and oxygen atoms in total. The van der Waals surface area contributed by atoms with Gasteiger partial charge < -0.3 is 10.4 Å². The van der Waals surface area contributed by atoms with Crippen LogP contribution in [0.1, 0.15) is 17.0 Å². The van der Waals surface area contributed by atoms with E-state index in [1.165, 1.54) is 17.3 Å². The Hall–Kier alpha value is -5.04. The molecular weight excluding hydrogens is 462 g/mol. The summed E-state index contributed by atoms with van der Waals surface area (Å²) in [4.78, 5) is 25.8. The van der Waals surface area contributed by atoms with Crippen LogP contribution in [0.5, 0.6) is 0 Å². The Labute approximate surface area is 213 Å². The number of aromatic nitrogens is 4. The Kier molecular flexibility index (Phi) is 5.78. The van der Waals surface area contributed by atoms with Gasteiger partial charge in [0.15, 0.2) is 5.82 Å². The first kappa shape index (κ1) is 22.4. The van der Waals surface area contributed by atoms with E-state index in [-0.39, 0.29) is 5.92 Å². The lowest BCUT2D eigenvalue weighted by molar-refractivity contribution is 0.197. The third kappa shape index (κ3) is 4.27. The van der Waals surface area contributed by atoms with Gasteiger partial charge in [0.1, 0.15) is 11.5 Å². The largest absolute Gasteiger partial charge is 0.464 e. The van der Waals surface area contributed by atoms with E-state index in [1.54, 1.807) is 12.3 Å². The summed E-state index contributed by atoms with van der Waals surface area (Å²) in [6.07, 6.45) is 2.00. The summed E-state index contributed by atoms with van der Waals surface area (Å²) in [5, 5.41) is 14.9. The van der Waals surface area contributed by atoms with Crippen molar-refractivity contribution in [3.05, 3.63) is 121 Å². The summed E-state index contributed by atoms with van der Waals surface area (Å²) in [6, 6.07) is 32.2. The molecule has 2 N–H and O–H groups in total. The van der Waals surface area contributed by atoms with E-state index in [0.717, 1.165) is 15.5 Å². The average molecular weight is 486 g/mol. The topological polar surface area (TPSA) is 92.9 Å². The minimum atomic E-state index is -1.11. The lowest BCUT2D eigenvalue weighted by Crippen LogP contribution is -2.15. The maximum atomic E-state index is 11.9. The van der Waals surface area contributed by atoms with Crippen LogP contribution in [-0.4, -0.2) is 37.3 Å². The van der Waals surface area contributed by atoms with Crippen LogP contribution in [0.4, 0.5) is 10.6 Å². The molecule has 0 amide bonds. The summed E-state index contributed by atoms with van der Waals surface area (Å²) < 4.78 is 1.11. The van der Waals surface area contributed by atoms with E-state index in [1.807, 2.05) is 42.5 Å². The first-order valence-electron chi connectivity index (χ1n) is 12.0. The van der Waals surface area contributed by atoms with Crippen molar-refractivity contribution in [1.82, 2.24) is 19.5 Å². The molecule has 0 aliphatic heterocycles. The third-order valence-electron chi connectivity index (χ3n) is 6.49. The van der Waals surface area contributed by atoms with Gasteiger partial charge >= 0.3 is 6.09 Å². The molecule has 0 radical (unpaired) electrons. The molecule has 3 aromatic carbocycles. The highest BCUT2D eigenvalue weighted by Crippen LogP contribution is 2.32. The normalized spacial score (nSPS) is 11.3. The highest BCUT2D eigenvalue weighted by molar-refractivity contribution is 5.99. The lowest BCUT2D eigenvalue weighted by atomic mass is 9.91. The first-order valence-corrected chi connectivity index (χ1v) is 12.0. The van der Waals surface area contributed by atoms with Gasteiger partial charge in [0.2, 0.25) is 0 Å². The summed E-state index contributed by atoms with van der Waals surface area (Å²) in [5.74, 6) is 1.24. The fraction of sp³-hybridized carbons (Fsp3) is 0.0667. The number of nitrogens with zero attached hydrogens (tertiary/aromatic N) is 4. The number of hydrogen-bond acceptors (Lipinski definition) is 5. The van der Waals surface area contributed by atoms with Gasteiger partial charge in [-0.05, 0) is 35.4 Å². The Morgan fingerprint density at radius 1 is 0.811 bits per heavy atom. The van der Waals surface area contributed by atoms with Crippen LogP contribution in [0.3, 0.4) is 0 Å². The van der Waals surface area contributed by atoms with Crippen molar-refractivity contribution < 1.29 is 9.90 Å². The molecule has 0 bridgehead atoms. The zero-order valence-corrected chi connectivity index (χ0v) is 19.8. The molecule has 0 aliphatic rings. The number of fused-ring (bicyclic) bond motifs is 2. The minimum absolute atomic E-state index is 0.109. The number of para-hydroxylation sites is 1. The molecule has 6 aromatic rings. The van der Waals surface area contributed by atoms with E-state index in [0.29, 0.717) is 34.8 Å². The van der Waals surface area contributed by atoms with Crippen LogP contribution in [0.15, 0.2) is 109 Å². The number of carbonyl (C=O) groups is 1. The van der Waals surface area contributed by atoms with E-state index < -0.39 is 6.09 Å². The van der Waals surface area contributed by atoms with E-state index in [4.69, 9.17) is 9.97 Å². The standard InChI is InChI=1S/C30H23N5O2/c36-30(37)35-19-25(22-15-9-17-31-29(22)35)28-33-26-16-8-7-14-23(26)27(34-28)32-18-24(20-10-3-1-4-11-20)21-12-5-2-6-13-21/h1-17,19,24H,18H2,(H,36,37)(H,32,33,34). The Morgan fingerprint density at radius 3 is 2.16 bits per heavy atom. The smallest absolute Gasteiger partial charge is 0.417 e. The van der Waals surface area contributed by atoms with Crippen LogP contribution in [-0.2, 0) is 0 Å². The zero-order chi connectivity index (χ0) is 25.2. The molecule has 0 aliphatic carbocycles. The maximum Gasteiger partial charge on any atom is 0.417 e. The molecule has 7 heteroatoms. The molecule has 0 fully saturated rings. The monoisotopic (exact) mass is 485 g/mol. The van der Waals surface area contributed by atoms with Crippen molar-refractivity contribution in [3.8, 4) is 11.4 Å². The minimum Gasteiger partial charge on any atom is -0.464 e. The van der Waals surface area contributed by atoms with Crippen molar-refractivity contribution in [3.63, 3.8) is 0 Å². The van der Waals surface area contributed by atoms with Crippen LogP contribution in [0.25, 0.3) is 33.3 Å². The number of benzene rings is 3. The van der Waals surface area contributed by atoms with Gasteiger partial charge in [0, 0.05) is 41.2 Å². The Bertz CT molecular complexity index is 1680. The number of pyridine rings is 1. The van der Waals surface area contributed by atoms with Gasteiger partial charge in [0.05, 0.1) is 5.52 Å².